The van der Waals surface area contributed by atoms with E-state index < -0.39 is 11.9 Å². The molecule has 0 unspecified atom stereocenters. The molecule has 0 aliphatic carbocycles. The highest BCUT2D eigenvalue weighted by molar-refractivity contribution is 9.10. The molecule has 2 fully saturated rings. The third-order valence-corrected chi connectivity index (χ3v) is 6.01. The van der Waals surface area contributed by atoms with Crippen LogP contribution in [0.15, 0.2) is 53.0 Å². The molecule has 0 saturated carbocycles. The molecule has 0 N–H and O–H groups in total. The number of amides is 3. The van der Waals surface area contributed by atoms with Gasteiger partial charge in [-0.25, -0.2) is 14.1 Å². The maximum Gasteiger partial charge on any atom is 0.333 e. The zero-order chi connectivity index (χ0) is 16.8. The van der Waals surface area contributed by atoms with Gasteiger partial charge in [0.25, 0.3) is 5.91 Å². The van der Waals surface area contributed by atoms with E-state index in [0.717, 1.165) is 14.9 Å². The molecule has 2 aromatic rings. The van der Waals surface area contributed by atoms with Gasteiger partial charge < -0.3 is 0 Å². The van der Waals surface area contributed by atoms with E-state index in [0.29, 0.717) is 11.4 Å². The van der Waals surface area contributed by atoms with E-state index in [1.54, 1.807) is 16.7 Å². The normalized spacial score (nSPS) is 23.1. The van der Waals surface area contributed by atoms with Crippen molar-refractivity contribution in [2.45, 2.75) is 11.4 Å². The molecular formula is C17H12BrFN2O2S. The highest BCUT2D eigenvalue weighted by Crippen LogP contribution is 2.46. The predicted octanol–water partition coefficient (Wildman–Crippen LogP) is 4.17. The van der Waals surface area contributed by atoms with Crippen molar-refractivity contribution >= 4 is 45.3 Å². The van der Waals surface area contributed by atoms with Crippen LogP contribution >= 0.6 is 27.7 Å². The minimum absolute atomic E-state index is 0.190. The predicted molar refractivity (Wildman–Crippen MR) is 94.3 cm³/mol. The molecule has 0 spiro atoms. The summed E-state index contributed by atoms with van der Waals surface area (Å²) in [6.45, 7) is 0. The van der Waals surface area contributed by atoms with Crippen LogP contribution in [0.1, 0.15) is 10.9 Å². The van der Waals surface area contributed by atoms with Gasteiger partial charge in [-0.05, 0) is 42.0 Å². The first-order valence-corrected chi connectivity index (χ1v) is 9.19. The molecule has 7 heteroatoms. The van der Waals surface area contributed by atoms with Crippen LogP contribution in [0, 0.1) is 5.82 Å². The molecule has 2 atom stereocenters. The SMILES string of the molecule is O=C1[C@@H]2CS[C@@H](c3ccc(Br)cc3)N2C(=O)N1c1ccc(F)cc1. The van der Waals surface area contributed by atoms with E-state index >= 15 is 0 Å². The van der Waals surface area contributed by atoms with Crippen LogP contribution in [0.4, 0.5) is 14.9 Å². The number of halogens is 2. The van der Waals surface area contributed by atoms with Crippen molar-refractivity contribution in [1.82, 2.24) is 4.90 Å². The summed E-state index contributed by atoms with van der Waals surface area (Å²) in [6.07, 6.45) is 0. The number of nitrogens with zero attached hydrogens (tertiary/aromatic N) is 2. The maximum atomic E-state index is 13.1. The number of benzene rings is 2. The molecule has 4 nitrogen and oxygen atoms in total. The smallest absolute Gasteiger partial charge is 0.295 e. The summed E-state index contributed by atoms with van der Waals surface area (Å²) < 4.78 is 14.1. The Hall–Kier alpha value is -1.86. The van der Waals surface area contributed by atoms with Crippen molar-refractivity contribution in [2.24, 2.45) is 0 Å². The fourth-order valence-electron chi connectivity index (χ4n) is 3.00. The monoisotopic (exact) mass is 406 g/mol. The van der Waals surface area contributed by atoms with Crippen LogP contribution in [0.25, 0.3) is 0 Å². The lowest BCUT2D eigenvalue weighted by Crippen LogP contribution is -2.33. The van der Waals surface area contributed by atoms with Gasteiger partial charge in [0.05, 0.1) is 5.69 Å². The van der Waals surface area contributed by atoms with Crippen LogP contribution < -0.4 is 4.90 Å². The van der Waals surface area contributed by atoms with Crippen LogP contribution in [-0.2, 0) is 4.79 Å². The molecule has 0 aromatic heterocycles. The lowest BCUT2D eigenvalue weighted by molar-refractivity contribution is -0.119. The van der Waals surface area contributed by atoms with Crippen LogP contribution in [0.5, 0.6) is 0 Å². The first-order chi connectivity index (χ1) is 11.6. The molecule has 2 heterocycles. The second kappa shape index (κ2) is 5.89. The third-order valence-electron chi connectivity index (χ3n) is 4.16. The van der Waals surface area contributed by atoms with Gasteiger partial charge in [0.1, 0.15) is 17.2 Å². The second-order valence-corrected chi connectivity index (χ2v) is 7.62. The summed E-state index contributed by atoms with van der Waals surface area (Å²) in [6, 6.07) is 12.3. The van der Waals surface area contributed by atoms with Crippen molar-refractivity contribution in [3.8, 4) is 0 Å². The summed E-state index contributed by atoms with van der Waals surface area (Å²) in [4.78, 5) is 28.3. The molecule has 2 saturated heterocycles. The van der Waals surface area contributed by atoms with E-state index in [1.807, 2.05) is 24.3 Å². The number of fused-ring (bicyclic) bond motifs is 1. The Kier molecular flexibility index (Phi) is 3.85. The van der Waals surface area contributed by atoms with E-state index in [2.05, 4.69) is 15.9 Å². The number of thioether (sulfide) groups is 1. The van der Waals surface area contributed by atoms with Gasteiger partial charge in [-0.3, -0.25) is 9.69 Å². The zero-order valence-corrected chi connectivity index (χ0v) is 14.8. The van der Waals surface area contributed by atoms with Crippen molar-refractivity contribution in [3.63, 3.8) is 0 Å². The summed E-state index contributed by atoms with van der Waals surface area (Å²) in [5, 5.41) is -0.190. The number of anilines is 1. The number of imide groups is 1. The van der Waals surface area contributed by atoms with Crippen molar-refractivity contribution in [2.75, 3.05) is 10.7 Å². The van der Waals surface area contributed by atoms with Gasteiger partial charge >= 0.3 is 6.03 Å². The Morgan fingerprint density at radius 3 is 2.38 bits per heavy atom. The molecule has 24 heavy (non-hydrogen) atoms. The first kappa shape index (κ1) is 15.7. The van der Waals surface area contributed by atoms with Gasteiger partial charge in [-0.15, -0.1) is 11.8 Å². The average molecular weight is 407 g/mol. The number of hydrogen-bond acceptors (Lipinski definition) is 3. The van der Waals surface area contributed by atoms with Crippen molar-refractivity contribution in [3.05, 3.63) is 64.4 Å². The van der Waals surface area contributed by atoms with Gasteiger partial charge in [0.15, 0.2) is 0 Å². The molecule has 2 aliphatic heterocycles. The summed E-state index contributed by atoms with van der Waals surface area (Å²) in [5.41, 5.74) is 1.38. The van der Waals surface area contributed by atoms with Crippen LogP contribution in [-0.4, -0.2) is 28.6 Å². The lowest BCUT2D eigenvalue weighted by Gasteiger charge is -2.23. The highest BCUT2D eigenvalue weighted by atomic mass is 79.9. The summed E-state index contributed by atoms with van der Waals surface area (Å²) >= 11 is 4.98. The van der Waals surface area contributed by atoms with E-state index in [9.17, 15) is 14.0 Å². The van der Waals surface area contributed by atoms with E-state index in [4.69, 9.17) is 0 Å². The Balaban J connectivity index is 1.67. The topological polar surface area (TPSA) is 40.6 Å². The fourth-order valence-corrected chi connectivity index (χ4v) is 4.68. The Bertz CT molecular complexity index is 812. The Labute approximate surface area is 150 Å². The van der Waals surface area contributed by atoms with Crippen LogP contribution in [0.2, 0.25) is 0 Å². The van der Waals surface area contributed by atoms with Crippen molar-refractivity contribution in [1.29, 1.82) is 0 Å². The molecule has 4 rings (SSSR count). The highest BCUT2D eigenvalue weighted by Gasteiger charge is 2.53. The maximum absolute atomic E-state index is 13.1. The number of carbonyl (C=O) groups excluding carboxylic acids is 2. The number of carbonyl (C=O) groups is 2. The molecule has 2 aliphatic rings. The average Bonchev–Trinajstić information content (AvgIpc) is 3.11. The first-order valence-electron chi connectivity index (χ1n) is 7.35. The minimum Gasteiger partial charge on any atom is -0.295 e. The number of hydrogen-bond donors (Lipinski definition) is 0. The minimum atomic E-state index is -0.471. The summed E-state index contributed by atoms with van der Waals surface area (Å²) in [5.74, 6) is -0.0939. The quantitative estimate of drug-likeness (QED) is 0.702. The van der Waals surface area contributed by atoms with Crippen molar-refractivity contribution < 1.29 is 14.0 Å². The molecule has 2 aromatic carbocycles. The Morgan fingerprint density at radius 1 is 1.04 bits per heavy atom. The Morgan fingerprint density at radius 2 is 1.71 bits per heavy atom. The molecule has 0 radical (unpaired) electrons. The third kappa shape index (κ3) is 2.43. The molecule has 3 amide bonds. The van der Waals surface area contributed by atoms with Gasteiger partial charge in [-0.2, -0.15) is 0 Å². The molecular weight excluding hydrogens is 395 g/mol. The van der Waals surface area contributed by atoms with E-state index in [-0.39, 0.29) is 17.3 Å². The van der Waals surface area contributed by atoms with E-state index in [1.165, 1.54) is 24.3 Å². The standard InChI is InChI=1S/C17H12BrFN2O2S/c18-11-3-1-10(2-4-11)16-21-14(9-24-16)15(22)20(17(21)23)13-7-5-12(19)6-8-13/h1-8,14,16H,9H2/t14-,16-/m0/s1. The van der Waals surface area contributed by atoms with Gasteiger partial charge in [0, 0.05) is 10.2 Å². The molecule has 0 bridgehead atoms. The number of urea groups is 1. The zero-order valence-electron chi connectivity index (χ0n) is 12.4. The largest absolute Gasteiger partial charge is 0.333 e. The second-order valence-electron chi connectivity index (χ2n) is 5.59. The van der Waals surface area contributed by atoms with Crippen LogP contribution in [0.3, 0.4) is 0 Å². The summed E-state index contributed by atoms with van der Waals surface area (Å²) in [7, 11) is 0. The van der Waals surface area contributed by atoms with Gasteiger partial charge in [-0.1, -0.05) is 28.1 Å². The lowest BCUT2D eigenvalue weighted by atomic mass is 10.2. The number of rotatable bonds is 2. The fraction of sp³-hybridized carbons (Fsp3) is 0.176. The molecule has 122 valence electrons. The van der Waals surface area contributed by atoms with Gasteiger partial charge in [0.2, 0.25) is 0 Å².